The molecule has 0 aliphatic heterocycles. The van der Waals surface area contributed by atoms with Gasteiger partial charge in [0.25, 0.3) is 0 Å². The molecule has 1 aliphatic rings. The average Bonchev–Trinajstić information content (AvgIpc) is 3.24. The number of hydrogen-bond acceptors (Lipinski definition) is 11. The minimum Gasteiger partial charge on any atom is -0.457 e. The van der Waals surface area contributed by atoms with Gasteiger partial charge in [0.15, 0.2) is 0 Å². The number of phosphoric ester groups is 1. The number of carbonyl (C=O) groups excluding carboxylic acids is 1. The largest absolute Gasteiger partial charge is 0.472 e. The van der Waals surface area contributed by atoms with Gasteiger partial charge < -0.3 is 39.9 Å². The van der Waals surface area contributed by atoms with E-state index in [1.165, 1.54) is 51.4 Å². The van der Waals surface area contributed by atoms with Crippen molar-refractivity contribution < 1.29 is 58.3 Å². The molecule has 0 saturated heterocycles. The highest BCUT2D eigenvalue weighted by molar-refractivity contribution is 7.47. The van der Waals surface area contributed by atoms with Gasteiger partial charge in [0.05, 0.1) is 13.2 Å². The Morgan fingerprint density at radius 2 is 0.967 bits per heavy atom. The van der Waals surface area contributed by atoms with Crippen LogP contribution in [0.4, 0.5) is 0 Å². The first-order chi connectivity index (χ1) is 29.5. The fourth-order valence-corrected chi connectivity index (χ4v) is 7.88. The minimum atomic E-state index is -5.02. The molecule has 61 heavy (non-hydrogen) atoms. The topological polar surface area (TPSA) is 192 Å². The third kappa shape index (κ3) is 30.7. The molecule has 0 bridgehead atoms. The molecule has 1 rings (SSSR count). The van der Waals surface area contributed by atoms with Crippen molar-refractivity contribution in [2.45, 2.75) is 217 Å². The van der Waals surface area contributed by atoms with Crippen molar-refractivity contribution in [2.75, 3.05) is 19.8 Å². The molecule has 0 aromatic rings. The summed E-state index contributed by atoms with van der Waals surface area (Å²) in [6.45, 7) is 4.12. The Labute approximate surface area is 368 Å². The Morgan fingerprint density at radius 1 is 0.541 bits per heavy atom. The van der Waals surface area contributed by atoms with E-state index in [0.717, 1.165) is 96.3 Å². The minimum absolute atomic E-state index is 0.0819. The summed E-state index contributed by atoms with van der Waals surface area (Å²) in [6, 6.07) is 0. The van der Waals surface area contributed by atoms with Crippen LogP contribution in [0.5, 0.6) is 0 Å². The van der Waals surface area contributed by atoms with Gasteiger partial charge >= 0.3 is 13.8 Å². The molecule has 6 unspecified atom stereocenters. The molecule has 0 spiro atoms. The number of aliphatic hydroxyl groups is 5. The van der Waals surface area contributed by atoms with Crippen molar-refractivity contribution in [3.8, 4) is 0 Å². The fraction of sp³-hybridized carbons (Fsp3) is 0.771. The molecule has 1 saturated carbocycles. The number of aliphatic hydroxyl groups excluding tert-OH is 5. The van der Waals surface area contributed by atoms with Crippen LogP contribution in [0.3, 0.4) is 0 Å². The monoisotopic (exact) mass is 885 g/mol. The molecular formula is C48H85O12P. The van der Waals surface area contributed by atoms with Gasteiger partial charge in [-0.3, -0.25) is 13.8 Å². The van der Waals surface area contributed by atoms with Crippen LogP contribution in [-0.4, -0.2) is 98.9 Å². The zero-order chi connectivity index (χ0) is 44.8. The second-order valence-electron chi connectivity index (χ2n) is 16.2. The molecule has 6 atom stereocenters. The van der Waals surface area contributed by atoms with E-state index in [1.807, 2.05) is 0 Å². The lowest BCUT2D eigenvalue weighted by Crippen LogP contribution is -2.64. The summed E-state index contributed by atoms with van der Waals surface area (Å²) >= 11 is 0. The predicted molar refractivity (Wildman–Crippen MR) is 244 cm³/mol. The number of rotatable bonds is 39. The summed E-state index contributed by atoms with van der Waals surface area (Å²) in [6.07, 6.45) is 35.7. The van der Waals surface area contributed by atoms with Crippen LogP contribution in [0.2, 0.25) is 0 Å². The van der Waals surface area contributed by atoms with Gasteiger partial charge in [0.1, 0.15) is 42.7 Å². The van der Waals surface area contributed by atoms with Crippen molar-refractivity contribution in [1.82, 2.24) is 0 Å². The maximum absolute atomic E-state index is 12.8. The van der Waals surface area contributed by atoms with Crippen LogP contribution in [0.25, 0.3) is 0 Å². The predicted octanol–water partition coefficient (Wildman–Crippen LogP) is 9.81. The molecule has 0 aromatic heterocycles. The lowest BCUT2D eigenvalue weighted by Gasteiger charge is -2.41. The molecule has 1 aliphatic carbocycles. The molecule has 0 amide bonds. The first-order valence-corrected chi connectivity index (χ1v) is 25.1. The molecule has 0 aromatic carbocycles. The van der Waals surface area contributed by atoms with Gasteiger partial charge in [-0.1, -0.05) is 171 Å². The van der Waals surface area contributed by atoms with Crippen molar-refractivity contribution in [3.63, 3.8) is 0 Å². The van der Waals surface area contributed by atoms with Crippen molar-refractivity contribution in [1.29, 1.82) is 0 Å². The Hall–Kier alpha value is -1.96. The number of hydrogen-bond donors (Lipinski definition) is 6. The number of unbranched alkanes of at least 4 members (excludes halogenated alkanes) is 17. The van der Waals surface area contributed by atoms with E-state index in [-0.39, 0.29) is 13.0 Å². The average molecular weight is 885 g/mol. The number of ether oxygens (including phenoxy) is 2. The summed E-state index contributed by atoms with van der Waals surface area (Å²) in [5.41, 5.74) is 0. The summed E-state index contributed by atoms with van der Waals surface area (Å²) in [4.78, 5) is 23.2. The number of phosphoric acid groups is 1. The number of allylic oxidation sites excluding steroid dienone is 10. The first-order valence-electron chi connectivity index (χ1n) is 23.6. The molecule has 13 heteroatoms. The summed E-state index contributed by atoms with van der Waals surface area (Å²) in [7, 11) is -5.02. The van der Waals surface area contributed by atoms with E-state index < -0.39 is 63.1 Å². The van der Waals surface area contributed by atoms with Crippen LogP contribution in [0.15, 0.2) is 60.8 Å². The molecule has 0 heterocycles. The zero-order valence-electron chi connectivity index (χ0n) is 37.7. The van der Waals surface area contributed by atoms with Crippen LogP contribution >= 0.6 is 7.82 Å². The summed E-state index contributed by atoms with van der Waals surface area (Å²) in [5, 5.41) is 50.2. The quantitative estimate of drug-likeness (QED) is 0.0148. The van der Waals surface area contributed by atoms with Gasteiger partial charge in [-0.15, -0.1) is 0 Å². The summed E-state index contributed by atoms with van der Waals surface area (Å²) < 4.78 is 34.1. The lowest BCUT2D eigenvalue weighted by molar-refractivity contribution is -0.220. The van der Waals surface area contributed by atoms with Gasteiger partial charge in [0.2, 0.25) is 0 Å². The van der Waals surface area contributed by atoms with Crippen molar-refractivity contribution in [3.05, 3.63) is 60.8 Å². The number of esters is 1. The first kappa shape index (κ1) is 57.1. The standard InChI is InChI=1S/C48H85O12P/c1-3-5-7-9-11-13-15-16-17-18-19-20-21-22-23-24-25-26-27-29-31-33-35-37-42(49)59-41(39-57-38-36-34-32-30-28-14-12-10-8-6-4-2)40-58-61(55,56)60-48-46(53)44(51)43(50)45(52)47(48)54/h5,7,11,13,16-17,19-20,22-23,41,43-48,50-54H,3-4,6,8-10,12,14-15,18,21,24-40H2,1-2H3,(H,55,56)/b7-5-,13-11-,17-16-,20-19-,23-22-. The van der Waals surface area contributed by atoms with E-state index in [9.17, 15) is 39.8 Å². The smallest absolute Gasteiger partial charge is 0.457 e. The van der Waals surface area contributed by atoms with Gasteiger partial charge in [-0.25, -0.2) is 4.57 Å². The number of carbonyl (C=O) groups is 1. The molecular weight excluding hydrogens is 799 g/mol. The SMILES string of the molecule is CC/C=C\C/C=C\C/C=C\C/C=C\C/C=C\CCCCCCCCCC(=O)OC(COCCCCCCCCCCCCC)COP(=O)(O)OC1C(O)C(O)C(O)C(O)C1O. The van der Waals surface area contributed by atoms with Crippen LogP contribution < -0.4 is 0 Å². The summed E-state index contributed by atoms with van der Waals surface area (Å²) in [5.74, 6) is -0.490. The molecule has 1 fully saturated rings. The molecule has 0 radical (unpaired) electrons. The highest BCUT2D eigenvalue weighted by atomic mass is 31.2. The van der Waals surface area contributed by atoms with Gasteiger partial charge in [-0.2, -0.15) is 0 Å². The maximum atomic E-state index is 12.8. The van der Waals surface area contributed by atoms with Crippen molar-refractivity contribution >= 4 is 13.8 Å². The highest BCUT2D eigenvalue weighted by Crippen LogP contribution is 2.47. The molecule has 6 N–H and O–H groups in total. The van der Waals surface area contributed by atoms with Crippen molar-refractivity contribution in [2.24, 2.45) is 0 Å². The van der Waals surface area contributed by atoms with E-state index in [1.54, 1.807) is 0 Å². The Balaban J connectivity index is 2.35. The Kier molecular flexibility index (Phi) is 36.0. The van der Waals surface area contributed by atoms with E-state index in [2.05, 4.69) is 74.6 Å². The fourth-order valence-electron chi connectivity index (χ4n) is 6.91. The van der Waals surface area contributed by atoms with Crippen LogP contribution in [0.1, 0.15) is 174 Å². The maximum Gasteiger partial charge on any atom is 0.472 e. The van der Waals surface area contributed by atoms with E-state index in [4.69, 9.17) is 18.5 Å². The Bertz CT molecular complexity index is 1240. The second-order valence-corrected chi connectivity index (χ2v) is 17.6. The van der Waals surface area contributed by atoms with E-state index in [0.29, 0.717) is 13.0 Å². The van der Waals surface area contributed by atoms with Gasteiger partial charge in [0, 0.05) is 13.0 Å². The lowest BCUT2D eigenvalue weighted by atomic mass is 9.85. The van der Waals surface area contributed by atoms with E-state index >= 15 is 0 Å². The third-order valence-electron chi connectivity index (χ3n) is 10.7. The molecule has 354 valence electrons. The zero-order valence-corrected chi connectivity index (χ0v) is 38.6. The van der Waals surface area contributed by atoms with Crippen LogP contribution in [-0.2, 0) is 27.9 Å². The Morgan fingerprint density at radius 3 is 1.48 bits per heavy atom. The van der Waals surface area contributed by atoms with Crippen LogP contribution in [0, 0.1) is 0 Å². The highest BCUT2D eigenvalue weighted by Gasteiger charge is 2.51. The second kappa shape index (κ2) is 38.5. The third-order valence-corrected chi connectivity index (χ3v) is 11.6. The van der Waals surface area contributed by atoms with Gasteiger partial charge in [-0.05, 0) is 57.8 Å². The normalized spacial score (nSPS) is 22.7. The molecule has 12 nitrogen and oxygen atoms in total.